The van der Waals surface area contributed by atoms with Crippen molar-refractivity contribution in [2.75, 3.05) is 11.9 Å². The normalized spacial score (nSPS) is 12.8. The molecule has 5 heteroatoms. The van der Waals surface area contributed by atoms with Crippen LogP contribution in [0.1, 0.15) is 51.0 Å². The molecule has 0 aliphatic rings. The first-order valence-electron chi connectivity index (χ1n) is 6.95. The van der Waals surface area contributed by atoms with Gasteiger partial charge in [-0.05, 0) is 47.1 Å². The van der Waals surface area contributed by atoms with Crippen LogP contribution in [0.15, 0.2) is 0 Å². The number of anilines is 1. The monoisotopic (exact) mass is 266 g/mol. The zero-order chi connectivity index (χ0) is 14.6. The minimum Gasteiger partial charge on any atom is -0.330 e. The second kappa shape index (κ2) is 6.70. The highest BCUT2D eigenvalue weighted by Gasteiger charge is 2.18. The first-order chi connectivity index (χ1) is 8.88. The molecular formula is C14H26N4O. The van der Waals surface area contributed by atoms with Gasteiger partial charge in [0.05, 0.1) is 17.1 Å². The number of nitrogens with zero attached hydrogens (tertiary/aromatic N) is 2. The highest BCUT2D eigenvalue weighted by molar-refractivity contribution is 5.93. The summed E-state index contributed by atoms with van der Waals surface area (Å²) in [5, 5.41) is 7.47. The Kier molecular flexibility index (Phi) is 5.54. The van der Waals surface area contributed by atoms with Gasteiger partial charge in [0.1, 0.15) is 0 Å². The van der Waals surface area contributed by atoms with Gasteiger partial charge in [-0.25, -0.2) is 0 Å². The fraction of sp³-hybridized carbons (Fsp3) is 0.714. The van der Waals surface area contributed by atoms with Gasteiger partial charge in [0.2, 0.25) is 5.91 Å². The Balaban J connectivity index is 2.79. The van der Waals surface area contributed by atoms with E-state index in [2.05, 4.69) is 24.3 Å². The molecule has 5 nitrogen and oxygen atoms in total. The minimum atomic E-state index is -0.0234. The average Bonchev–Trinajstić information content (AvgIpc) is 2.63. The molecule has 1 atom stereocenters. The van der Waals surface area contributed by atoms with E-state index in [9.17, 15) is 4.79 Å². The van der Waals surface area contributed by atoms with Gasteiger partial charge in [-0.2, -0.15) is 5.10 Å². The van der Waals surface area contributed by atoms with Crippen molar-refractivity contribution in [3.05, 3.63) is 11.4 Å². The Labute approximate surface area is 115 Å². The Hall–Kier alpha value is -1.36. The Bertz CT molecular complexity index is 437. The molecule has 0 aromatic carbocycles. The molecule has 0 saturated heterocycles. The molecule has 1 aromatic rings. The van der Waals surface area contributed by atoms with Crippen LogP contribution in [0.5, 0.6) is 0 Å². The summed E-state index contributed by atoms with van der Waals surface area (Å²) in [6, 6.07) is 0.291. The summed E-state index contributed by atoms with van der Waals surface area (Å²) < 4.78 is 1.94. The third kappa shape index (κ3) is 3.80. The topological polar surface area (TPSA) is 72.9 Å². The van der Waals surface area contributed by atoms with Crippen LogP contribution in [-0.2, 0) is 4.79 Å². The highest BCUT2D eigenvalue weighted by Crippen LogP contribution is 2.23. The summed E-state index contributed by atoms with van der Waals surface area (Å²) in [4.78, 5) is 12.1. The van der Waals surface area contributed by atoms with Crippen molar-refractivity contribution >= 4 is 11.6 Å². The number of carbonyl (C=O) groups excluding carboxylic acids is 1. The van der Waals surface area contributed by atoms with Crippen molar-refractivity contribution in [1.29, 1.82) is 0 Å². The Morgan fingerprint density at radius 3 is 2.47 bits per heavy atom. The standard InChI is InChI=1S/C14H26N4O/c1-9(2)18-12(5)13(11(4)17-18)16-14(19)10(3)7-6-8-15/h9-10H,6-8,15H2,1-5H3,(H,16,19). The summed E-state index contributed by atoms with van der Waals surface area (Å²) in [6.45, 7) is 10.6. The number of hydrogen-bond acceptors (Lipinski definition) is 3. The SMILES string of the molecule is Cc1nn(C(C)C)c(C)c1NC(=O)C(C)CCCN. The molecule has 1 aromatic heterocycles. The average molecular weight is 266 g/mol. The molecule has 1 amide bonds. The maximum absolute atomic E-state index is 12.1. The van der Waals surface area contributed by atoms with E-state index >= 15 is 0 Å². The summed E-state index contributed by atoms with van der Waals surface area (Å²) in [6.07, 6.45) is 1.69. The van der Waals surface area contributed by atoms with Crippen LogP contribution in [0, 0.1) is 19.8 Å². The van der Waals surface area contributed by atoms with Gasteiger partial charge in [-0.3, -0.25) is 9.48 Å². The fourth-order valence-electron chi connectivity index (χ4n) is 2.15. The number of aryl methyl sites for hydroxylation is 1. The molecule has 0 aliphatic heterocycles. The molecular weight excluding hydrogens is 240 g/mol. The van der Waals surface area contributed by atoms with Crippen LogP contribution >= 0.6 is 0 Å². The lowest BCUT2D eigenvalue weighted by Crippen LogP contribution is -2.22. The third-order valence-corrected chi connectivity index (χ3v) is 3.35. The van der Waals surface area contributed by atoms with Gasteiger partial charge >= 0.3 is 0 Å². The molecule has 1 rings (SSSR count). The zero-order valence-corrected chi connectivity index (χ0v) is 12.7. The number of amides is 1. The van der Waals surface area contributed by atoms with E-state index < -0.39 is 0 Å². The van der Waals surface area contributed by atoms with Crippen molar-refractivity contribution in [3.63, 3.8) is 0 Å². The number of aromatic nitrogens is 2. The molecule has 108 valence electrons. The smallest absolute Gasteiger partial charge is 0.227 e. The Morgan fingerprint density at radius 2 is 2.00 bits per heavy atom. The van der Waals surface area contributed by atoms with Gasteiger partial charge in [0, 0.05) is 12.0 Å². The van der Waals surface area contributed by atoms with Gasteiger partial charge in [0.15, 0.2) is 0 Å². The maximum atomic E-state index is 12.1. The molecule has 0 aliphatic carbocycles. The van der Waals surface area contributed by atoms with Crippen LogP contribution in [0.2, 0.25) is 0 Å². The number of nitrogens with one attached hydrogen (secondary N) is 1. The van der Waals surface area contributed by atoms with Gasteiger partial charge in [-0.15, -0.1) is 0 Å². The molecule has 0 fully saturated rings. The molecule has 1 heterocycles. The number of carbonyl (C=O) groups is 1. The lowest BCUT2D eigenvalue weighted by molar-refractivity contribution is -0.119. The lowest BCUT2D eigenvalue weighted by Gasteiger charge is -2.13. The van der Waals surface area contributed by atoms with Crippen molar-refractivity contribution in [1.82, 2.24) is 9.78 Å². The van der Waals surface area contributed by atoms with Gasteiger partial charge in [-0.1, -0.05) is 6.92 Å². The van der Waals surface area contributed by atoms with E-state index in [0.717, 1.165) is 29.9 Å². The summed E-state index contributed by atoms with van der Waals surface area (Å²) in [5.41, 5.74) is 8.19. The predicted octanol–water partition coefficient (Wildman–Crippen LogP) is 2.39. The molecule has 3 N–H and O–H groups in total. The molecule has 0 saturated carbocycles. The van der Waals surface area contributed by atoms with E-state index in [4.69, 9.17) is 5.73 Å². The third-order valence-electron chi connectivity index (χ3n) is 3.35. The van der Waals surface area contributed by atoms with Crippen LogP contribution in [0.25, 0.3) is 0 Å². The number of nitrogens with two attached hydrogens (primary N) is 1. The largest absolute Gasteiger partial charge is 0.330 e. The van der Waals surface area contributed by atoms with Crippen LogP contribution < -0.4 is 11.1 Å². The molecule has 0 radical (unpaired) electrons. The van der Waals surface area contributed by atoms with Crippen molar-refractivity contribution in [2.45, 2.75) is 53.5 Å². The van der Waals surface area contributed by atoms with Crippen molar-refractivity contribution < 1.29 is 4.79 Å². The van der Waals surface area contributed by atoms with Crippen LogP contribution in [0.3, 0.4) is 0 Å². The van der Waals surface area contributed by atoms with E-state index in [0.29, 0.717) is 12.6 Å². The lowest BCUT2D eigenvalue weighted by atomic mass is 10.0. The molecule has 0 bridgehead atoms. The highest BCUT2D eigenvalue weighted by atomic mass is 16.1. The summed E-state index contributed by atoms with van der Waals surface area (Å²) in [7, 11) is 0. The molecule has 19 heavy (non-hydrogen) atoms. The fourth-order valence-corrected chi connectivity index (χ4v) is 2.15. The summed E-state index contributed by atoms with van der Waals surface area (Å²) in [5.74, 6) is 0.0210. The number of hydrogen-bond donors (Lipinski definition) is 2. The first kappa shape index (κ1) is 15.7. The Morgan fingerprint density at radius 1 is 1.37 bits per heavy atom. The van der Waals surface area contributed by atoms with Crippen LogP contribution in [-0.4, -0.2) is 22.2 Å². The van der Waals surface area contributed by atoms with Crippen molar-refractivity contribution in [2.24, 2.45) is 11.7 Å². The second-order valence-corrected chi connectivity index (χ2v) is 5.41. The van der Waals surface area contributed by atoms with E-state index in [1.165, 1.54) is 0 Å². The molecule has 0 spiro atoms. The van der Waals surface area contributed by atoms with Gasteiger partial charge < -0.3 is 11.1 Å². The first-order valence-corrected chi connectivity index (χ1v) is 6.95. The van der Waals surface area contributed by atoms with Gasteiger partial charge in [0.25, 0.3) is 0 Å². The van der Waals surface area contributed by atoms with E-state index in [1.807, 2.05) is 25.5 Å². The number of rotatable bonds is 6. The quantitative estimate of drug-likeness (QED) is 0.830. The van der Waals surface area contributed by atoms with E-state index in [1.54, 1.807) is 0 Å². The zero-order valence-electron chi connectivity index (χ0n) is 12.7. The second-order valence-electron chi connectivity index (χ2n) is 5.41. The predicted molar refractivity (Wildman–Crippen MR) is 78.2 cm³/mol. The van der Waals surface area contributed by atoms with E-state index in [-0.39, 0.29) is 11.8 Å². The summed E-state index contributed by atoms with van der Waals surface area (Å²) >= 11 is 0. The maximum Gasteiger partial charge on any atom is 0.227 e. The molecule has 1 unspecified atom stereocenters. The van der Waals surface area contributed by atoms with Crippen LogP contribution in [0.4, 0.5) is 5.69 Å². The van der Waals surface area contributed by atoms with Crippen molar-refractivity contribution in [3.8, 4) is 0 Å². The minimum absolute atomic E-state index is 0.0234.